The molecular formula is C48H30O. The Kier molecular flexibility index (Phi) is 5.38. The van der Waals surface area contributed by atoms with E-state index in [0.29, 0.717) is 22.3 Å². The molecule has 1 aromatic heterocycles. The molecule has 1 nitrogen and oxygen atoms in total. The highest BCUT2D eigenvalue weighted by Crippen LogP contribution is 2.45. The van der Waals surface area contributed by atoms with Crippen LogP contribution in [0.15, 0.2) is 186 Å². The SMILES string of the molecule is [2H]c1c([2H])c(-c2c3ccccc3c(-c3ccccc3)c3ccccc23)c([2H])c(-c2cccc3c2oc2cccc(-c4ccc5ccccc5c4)c23)c1[2H]. The quantitative estimate of drug-likeness (QED) is 0.177. The van der Waals surface area contributed by atoms with Gasteiger partial charge in [-0.25, -0.2) is 0 Å². The van der Waals surface area contributed by atoms with Crippen LogP contribution in [-0.2, 0) is 0 Å². The normalized spacial score (nSPS) is 12.8. The highest BCUT2D eigenvalue weighted by molar-refractivity contribution is 6.22. The largest absolute Gasteiger partial charge is 0.455 e. The number of fused-ring (bicyclic) bond motifs is 6. The first-order valence-electron chi connectivity index (χ1n) is 18.5. The maximum Gasteiger partial charge on any atom is 0.143 e. The van der Waals surface area contributed by atoms with E-state index in [4.69, 9.17) is 5.79 Å². The number of benzene rings is 9. The molecule has 0 aliphatic heterocycles. The Hall–Kier alpha value is -6.44. The van der Waals surface area contributed by atoms with E-state index in [9.17, 15) is 4.11 Å². The average Bonchev–Trinajstić information content (AvgIpc) is 3.60. The molecule has 0 spiro atoms. The Labute approximate surface area is 289 Å². The van der Waals surface area contributed by atoms with Crippen LogP contribution < -0.4 is 0 Å². The van der Waals surface area contributed by atoms with E-state index in [1.165, 1.54) is 5.39 Å². The molecule has 0 saturated heterocycles. The van der Waals surface area contributed by atoms with Gasteiger partial charge in [-0.05, 0) is 89.4 Å². The number of furan rings is 1. The fourth-order valence-electron chi connectivity index (χ4n) is 7.56. The third-order valence-corrected chi connectivity index (χ3v) is 9.72. The lowest BCUT2D eigenvalue weighted by molar-refractivity contribution is 0.670. The van der Waals surface area contributed by atoms with Gasteiger partial charge < -0.3 is 4.42 Å². The lowest BCUT2D eigenvalue weighted by atomic mass is 9.85. The van der Waals surface area contributed by atoms with E-state index in [2.05, 4.69) is 60.7 Å². The Morgan fingerprint density at radius 3 is 1.76 bits per heavy atom. The Balaban J connectivity index is 1.26. The van der Waals surface area contributed by atoms with Gasteiger partial charge in [0.05, 0.1) is 5.48 Å². The topological polar surface area (TPSA) is 13.1 Å². The summed E-state index contributed by atoms with van der Waals surface area (Å²) in [7, 11) is 0. The molecule has 0 atom stereocenters. The molecule has 10 rings (SSSR count). The lowest BCUT2D eigenvalue weighted by Crippen LogP contribution is -1.91. The monoisotopic (exact) mass is 626 g/mol. The van der Waals surface area contributed by atoms with Gasteiger partial charge in [-0.15, -0.1) is 0 Å². The summed E-state index contributed by atoms with van der Waals surface area (Å²) in [6, 6.07) is 52.7. The first kappa shape index (κ1) is 23.8. The minimum atomic E-state index is -0.226. The molecule has 0 unspecified atom stereocenters. The van der Waals surface area contributed by atoms with Crippen molar-refractivity contribution in [1.82, 2.24) is 0 Å². The summed E-state index contributed by atoms with van der Waals surface area (Å²) < 4.78 is 44.2. The number of hydrogen-bond acceptors (Lipinski definition) is 1. The first-order valence-corrected chi connectivity index (χ1v) is 16.5. The van der Waals surface area contributed by atoms with Gasteiger partial charge in [0.15, 0.2) is 0 Å². The van der Waals surface area contributed by atoms with Crippen LogP contribution in [0.3, 0.4) is 0 Å². The van der Waals surface area contributed by atoms with Gasteiger partial charge in [0, 0.05) is 16.3 Å². The third kappa shape index (κ3) is 4.40. The van der Waals surface area contributed by atoms with Crippen LogP contribution in [-0.4, -0.2) is 0 Å². The third-order valence-electron chi connectivity index (χ3n) is 9.72. The van der Waals surface area contributed by atoms with E-state index in [-0.39, 0.29) is 29.7 Å². The Morgan fingerprint density at radius 2 is 1.00 bits per heavy atom. The fourth-order valence-corrected chi connectivity index (χ4v) is 7.56. The van der Waals surface area contributed by atoms with E-state index in [1.807, 2.05) is 97.1 Å². The zero-order valence-electron chi connectivity index (χ0n) is 30.4. The zero-order valence-corrected chi connectivity index (χ0v) is 26.4. The van der Waals surface area contributed by atoms with Crippen LogP contribution in [0, 0.1) is 0 Å². The summed E-state index contributed by atoms with van der Waals surface area (Å²) in [5.41, 5.74) is 7.39. The molecule has 0 aliphatic carbocycles. The van der Waals surface area contributed by atoms with Gasteiger partial charge in [0.25, 0.3) is 0 Å². The maximum atomic E-state index is 9.87. The molecule has 10 aromatic rings. The van der Waals surface area contributed by atoms with Crippen LogP contribution in [0.5, 0.6) is 0 Å². The van der Waals surface area contributed by atoms with E-state index >= 15 is 0 Å². The smallest absolute Gasteiger partial charge is 0.143 e. The van der Waals surface area contributed by atoms with Crippen molar-refractivity contribution in [2.45, 2.75) is 0 Å². The van der Waals surface area contributed by atoms with Crippen molar-refractivity contribution in [3.63, 3.8) is 0 Å². The minimum Gasteiger partial charge on any atom is -0.455 e. The van der Waals surface area contributed by atoms with Crippen LogP contribution >= 0.6 is 0 Å². The van der Waals surface area contributed by atoms with Crippen LogP contribution in [0.4, 0.5) is 0 Å². The summed E-state index contributed by atoms with van der Waals surface area (Å²) in [6.07, 6.45) is 0. The second kappa shape index (κ2) is 11.1. The van der Waals surface area contributed by atoms with Crippen molar-refractivity contribution >= 4 is 54.3 Å². The average molecular weight is 627 g/mol. The predicted molar refractivity (Wildman–Crippen MR) is 208 cm³/mol. The summed E-state index contributed by atoms with van der Waals surface area (Å²) in [4.78, 5) is 0. The van der Waals surface area contributed by atoms with Crippen LogP contribution in [0.1, 0.15) is 5.48 Å². The molecule has 0 fully saturated rings. The van der Waals surface area contributed by atoms with Gasteiger partial charge in [-0.1, -0.05) is 164 Å². The standard InChI is InChI=1S/C48H30O/c1-2-14-32(15-3-1)45-39-19-6-8-21-41(39)46(42-22-9-7-20-40(42)45)36-18-10-17-34(30-36)38-24-11-25-43-47-37(23-12-26-44(47)49-48(38)43)35-28-27-31-13-4-5-16-33(31)29-35/h1-30H/i10D,17D,18D,30D. The van der Waals surface area contributed by atoms with Crippen molar-refractivity contribution in [3.05, 3.63) is 182 Å². The molecule has 49 heavy (non-hydrogen) atoms. The summed E-state index contributed by atoms with van der Waals surface area (Å²) >= 11 is 0. The van der Waals surface area contributed by atoms with Crippen molar-refractivity contribution in [2.24, 2.45) is 0 Å². The van der Waals surface area contributed by atoms with Gasteiger partial charge in [0.2, 0.25) is 0 Å². The molecule has 228 valence electrons. The molecular weight excluding hydrogens is 593 g/mol. The fraction of sp³-hybridized carbons (Fsp3) is 0. The van der Waals surface area contributed by atoms with E-state index < -0.39 is 0 Å². The van der Waals surface area contributed by atoms with Crippen LogP contribution in [0.2, 0.25) is 0 Å². The summed E-state index contributed by atoms with van der Waals surface area (Å²) in [6.45, 7) is 0. The highest BCUT2D eigenvalue weighted by atomic mass is 16.3. The highest BCUT2D eigenvalue weighted by Gasteiger charge is 2.19. The number of rotatable bonds is 4. The predicted octanol–water partition coefficient (Wildman–Crippen LogP) is 13.7. The van der Waals surface area contributed by atoms with Crippen molar-refractivity contribution in [1.29, 1.82) is 0 Å². The van der Waals surface area contributed by atoms with Gasteiger partial charge in [-0.2, -0.15) is 0 Å². The second-order valence-electron chi connectivity index (χ2n) is 12.5. The minimum absolute atomic E-state index is 0.0291. The van der Waals surface area contributed by atoms with Crippen LogP contribution in [0.25, 0.3) is 98.8 Å². The van der Waals surface area contributed by atoms with Gasteiger partial charge >= 0.3 is 0 Å². The molecule has 0 aliphatic rings. The zero-order chi connectivity index (χ0) is 35.8. The molecule has 0 saturated carbocycles. The van der Waals surface area contributed by atoms with Gasteiger partial charge in [0.1, 0.15) is 11.2 Å². The summed E-state index contributed by atoms with van der Waals surface area (Å²) in [5.74, 6) is 0. The van der Waals surface area contributed by atoms with Crippen molar-refractivity contribution in [2.75, 3.05) is 0 Å². The second-order valence-corrected chi connectivity index (χ2v) is 12.5. The van der Waals surface area contributed by atoms with Crippen molar-refractivity contribution in [3.8, 4) is 44.5 Å². The molecule has 0 bridgehead atoms. The maximum absolute atomic E-state index is 9.87. The number of para-hydroxylation sites is 1. The Morgan fingerprint density at radius 1 is 0.408 bits per heavy atom. The molecule has 0 amide bonds. The van der Waals surface area contributed by atoms with Crippen molar-refractivity contribution < 1.29 is 9.90 Å². The number of hydrogen-bond donors (Lipinski definition) is 0. The lowest BCUT2D eigenvalue weighted by Gasteiger charge is -2.18. The van der Waals surface area contributed by atoms with E-state index in [0.717, 1.165) is 65.5 Å². The molecule has 1 heteroatoms. The molecule has 1 heterocycles. The first-order chi connectivity index (χ1) is 26.0. The Bertz CT molecular complexity index is 3050. The summed E-state index contributed by atoms with van der Waals surface area (Å²) in [5, 5.41) is 7.90. The molecule has 0 radical (unpaired) electrons. The molecule has 0 N–H and O–H groups in total. The van der Waals surface area contributed by atoms with E-state index in [1.54, 1.807) is 0 Å². The molecule has 9 aromatic carbocycles. The van der Waals surface area contributed by atoms with Gasteiger partial charge in [-0.3, -0.25) is 0 Å².